The molecule has 0 aromatic carbocycles. The number of halogens is 1. The summed E-state index contributed by atoms with van der Waals surface area (Å²) in [6, 6.07) is 0. The molecule has 0 aliphatic heterocycles. The second kappa shape index (κ2) is 36.0. The zero-order chi connectivity index (χ0) is 22.5. The molecular weight excluding hydrogens is 926 g/mol. The van der Waals surface area contributed by atoms with E-state index in [2.05, 4.69) is 0 Å². The maximum Gasteiger partial charge on any atom is 2.00 e. The van der Waals surface area contributed by atoms with Gasteiger partial charge in [0.2, 0.25) is 24.0 Å². The number of rotatable bonds is 0. The van der Waals surface area contributed by atoms with Gasteiger partial charge in [0.1, 0.15) is 0 Å². The Balaban J connectivity index is -0.0000000148. The largest absolute Gasteiger partial charge is 2.00 e. The fraction of sp³-hybridized carbons (Fsp3) is 0. The Bertz CT molecular complexity index is 645. The van der Waals surface area contributed by atoms with E-state index in [0.29, 0.717) is 0 Å². The zero-order valence-electron chi connectivity index (χ0n) is 13.8. The Kier molecular flexibility index (Phi) is 86.4. The van der Waals surface area contributed by atoms with Crippen LogP contribution in [0.4, 0.5) is 0 Å². The summed E-state index contributed by atoms with van der Waals surface area (Å²) in [4.78, 5) is 25.6. The van der Waals surface area contributed by atoms with Crippen molar-refractivity contribution in [1.29, 1.82) is 0 Å². The first kappa shape index (κ1) is 76.7. The third-order valence-corrected chi connectivity index (χ3v) is 0. The fourth-order valence-corrected chi connectivity index (χ4v) is 0. The van der Waals surface area contributed by atoms with Crippen molar-refractivity contribution in [1.82, 2.24) is 0 Å². The minimum absolute atomic E-state index is 0. The van der Waals surface area contributed by atoms with E-state index in [4.69, 9.17) is 89.3 Å². The maximum atomic E-state index is 8.55. The summed E-state index contributed by atoms with van der Waals surface area (Å²) in [6.45, 7) is 0. The summed E-state index contributed by atoms with van der Waals surface area (Å²) >= 11 is 0. The van der Waals surface area contributed by atoms with Gasteiger partial charge in [0.25, 0.3) is 0 Å². The number of hydrogen-bond donors (Lipinski definition) is 0. The SMILES string of the molecule is O=P([O-])([O-])[O-].O=S(=O)([O-])[O-].O=S(=O)([O-])[O-].O=S(=O)([O-])[O-].O=S(=O)([O-])[O-].[Ca+2].[Ca+2].[Cu+2].[Fe+2].[IH2+].[Mn+2].[Zn+2]. The fourth-order valence-electron chi connectivity index (χ4n) is 0. The van der Waals surface area contributed by atoms with Crippen molar-refractivity contribution in [3.05, 3.63) is 0 Å². The van der Waals surface area contributed by atoms with Gasteiger partial charge in [-0.15, -0.1) is 0 Å². The van der Waals surface area contributed by atoms with Crippen molar-refractivity contribution in [2.24, 2.45) is 0 Å². The number of hydrogen-bond acceptors (Lipinski definition) is 20. The third-order valence-electron chi connectivity index (χ3n) is 0. The van der Waals surface area contributed by atoms with Crippen LogP contribution in [0.25, 0.3) is 0 Å². The Labute approximate surface area is 303 Å². The monoisotopic (exact) mass is 925 g/mol. The van der Waals surface area contributed by atoms with Crippen LogP contribution in [-0.4, -0.2) is 146 Å². The van der Waals surface area contributed by atoms with Crippen LogP contribution in [0.15, 0.2) is 0 Å². The molecule has 0 aliphatic rings. The minimum atomic E-state index is -5.39. The topological polar surface area (TPSA) is 407 Å². The van der Waals surface area contributed by atoms with Gasteiger partial charge < -0.3 is 55.7 Å². The Hall–Kier alpha value is 5.02. The van der Waals surface area contributed by atoms with Crippen LogP contribution in [0, 0.1) is 0 Å². The van der Waals surface area contributed by atoms with Crippen molar-refractivity contribution < 1.29 is 184 Å². The molecule has 188 valence electrons. The van der Waals surface area contributed by atoms with Gasteiger partial charge in [-0.25, -0.2) is 0 Å². The van der Waals surface area contributed by atoms with E-state index in [1.807, 2.05) is 0 Å². The summed E-state index contributed by atoms with van der Waals surface area (Å²) in [6.07, 6.45) is 0. The molecule has 32 heteroatoms. The molecule has 0 unspecified atom stereocenters. The van der Waals surface area contributed by atoms with Crippen LogP contribution in [0.1, 0.15) is 0 Å². The van der Waals surface area contributed by atoms with Crippen molar-refractivity contribution in [3.8, 4) is 0 Å². The normalized spacial score (nSPS) is 9.09. The predicted molar refractivity (Wildman–Crippen MR) is 63.8 cm³/mol. The second-order valence-corrected chi connectivity index (χ2v) is 6.24. The molecule has 20 nitrogen and oxygen atoms in total. The molecule has 0 N–H and O–H groups in total. The molecule has 0 heterocycles. The van der Waals surface area contributed by atoms with E-state index >= 15 is 0 Å². The van der Waals surface area contributed by atoms with Gasteiger partial charge in [-0.3, -0.25) is 33.7 Å². The summed E-state index contributed by atoms with van der Waals surface area (Å²) in [7, 11) is -26.1. The van der Waals surface area contributed by atoms with Crippen LogP contribution < -0.4 is 38.7 Å². The van der Waals surface area contributed by atoms with Gasteiger partial charge in [0.15, 0.2) is 0 Å². The molecule has 2 radical (unpaired) electrons. The smallest absolute Gasteiger partial charge is 0.822 e. The molecule has 0 fully saturated rings. The molecule has 0 aliphatic carbocycles. The molecule has 0 amide bonds. The van der Waals surface area contributed by atoms with Crippen LogP contribution in [0.5, 0.6) is 0 Å². The second-order valence-electron chi connectivity index (χ2n) is 2.08. The van der Waals surface area contributed by atoms with Gasteiger partial charge in [-0.1, -0.05) is 0 Å². The van der Waals surface area contributed by atoms with Crippen molar-refractivity contribution >= 4 is 125 Å². The molecule has 0 rings (SSSR count). The summed E-state index contributed by atoms with van der Waals surface area (Å²) in [5.74, 6) is 0. The third kappa shape index (κ3) is 1610. The van der Waals surface area contributed by atoms with Gasteiger partial charge in [-0.05, 0) is 0 Å². The van der Waals surface area contributed by atoms with Crippen LogP contribution in [-0.2, 0) is 117 Å². The molecule has 0 spiro atoms. The van der Waals surface area contributed by atoms with Crippen LogP contribution in [0.2, 0.25) is 0 Å². The van der Waals surface area contributed by atoms with Gasteiger partial charge >= 0.3 is 146 Å². The van der Waals surface area contributed by atoms with Gasteiger partial charge in [0.05, 0.1) is 0 Å². The Morgan fingerprint density at radius 1 is 0.500 bits per heavy atom. The first-order valence-electron chi connectivity index (χ1n) is 3.40. The first-order valence-corrected chi connectivity index (χ1v) is 10.2. The van der Waals surface area contributed by atoms with Gasteiger partial charge in [-0.2, -0.15) is 7.82 Å². The molecule has 0 saturated carbocycles. The molecule has 0 aromatic rings. The standard InChI is InChI=1S/2Ca.Cu.Fe.H2I.Mn.H3O4P.4H2O4S.Zn/c;;;;;;5*1-5(2,3)4;/h;;;;1H2;;(H3,1,2,3,4);4*(H2,1,2,3,4);/q4*+2;+1;+2;;;;;;+2/p-11. The average Bonchev–Trinajstić information content (AvgIpc) is 1.79. The molecular formula is H2Ca2CuFeIMnO20PS4Zn+2. The molecule has 0 saturated heterocycles. The van der Waals surface area contributed by atoms with E-state index in [-0.39, 0.29) is 170 Å². The van der Waals surface area contributed by atoms with Crippen molar-refractivity contribution in [3.63, 3.8) is 0 Å². The average molecular weight is 928 g/mol. The summed E-state index contributed by atoms with van der Waals surface area (Å²) in [5.41, 5.74) is 0. The van der Waals surface area contributed by atoms with E-state index in [1.54, 1.807) is 0 Å². The van der Waals surface area contributed by atoms with E-state index in [9.17, 15) is 0 Å². The van der Waals surface area contributed by atoms with E-state index < -0.39 is 49.4 Å². The maximum absolute atomic E-state index is 8.55. The van der Waals surface area contributed by atoms with Crippen molar-refractivity contribution in [2.75, 3.05) is 0 Å². The molecule has 0 atom stereocenters. The summed E-state index contributed by atoms with van der Waals surface area (Å²) in [5, 5.41) is 0. The number of phosphoric acid groups is 1. The molecule has 32 heavy (non-hydrogen) atoms. The van der Waals surface area contributed by atoms with E-state index in [0.717, 1.165) is 0 Å². The molecule has 0 bridgehead atoms. The zero-order valence-corrected chi connectivity index (χ0v) is 31.2. The van der Waals surface area contributed by atoms with E-state index in [1.165, 1.54) is 0 Å². The van der Waals surface area contributed by atoms with Crippen molar-refractivity contribution in [2.45, 2.75) is 0 Å². The Morgan fingerprint density at radius 2 is 0.500 bits per heavy atom. The Morgan fingerprint density at radius 3 is 0.500 bits per heavy atom. The van der Waals surface area contributed by atoms with Crippen LogP contribution >= 0.6 is 7.82 Å². The quantitative estimate of drug-likeness (QED) is 0.0715. The molecule has 0 aromatic heterocycles. The minimum Gasteiger partial charge on any atom is -0.822 e. The van der Waals surface area contributed by atoms with Gasteiger partial charge in [0, 0.05) is 41.6 Å². The first-order chi connectivity index (χ1) is 10.0. The van der Waals surface area contributed by atoms with Crippen LogP contribution in [0.3, 0.4) is 0 Å². The predicted octanol–water partition coefficient (Wildman–Crippen LogP) is -12.5. The summed E-state index contributed by atoms with van der Waals surface area (Å²) < 4.78 is 145.